The zero-order valence-electron chi connectivity index (χ0n) is 17.0. The molecule has 3 rings (SSSR count). The third-order valence-corrected chi connectivity index (χ3v) is 5.45. The van der Waals surface area contributed by atoms with Crippen molar-refractivity contribution in [2.75, 3.05) is 13.7 Å². The van der Waals surface area contributed by atoms with Crippen LogP contribution in [0.1, 0.15) is 71.5 Å². The Labute approximate surface area is 162 Å². The second-order valence-electron chi connectivity index (χ2n) is 7.58. The molecule has 146 valence electrons. The van der Waals surface area contributed by atoms with Gasteiger partial charge in [-0.3, -0.25) is 4.79 Å². The molecule has 0 saturated heterocycles. The molecule has 0 fully saturated rings. The number of rotatable bonds is 7. The topological polar surface area (TPSA) is 56.2 Å². The van der Waals surface area contributed by atoms with Gasteiger partial charge in [0.15, 0.2) is 0 Å². The Kier molecular flexibility index (Phi) is 6.19. The van der Waals surface area contributed by atoms with Crippen molar-refractivity contribution in [2.45, 2.75) is 65.3 Å². The summed E-state index contributed by atoms with van der Waals surface area (Å²) in [6, 6.07) is 4.47. The van der Waals surface area contributed by atoms with E-state index in [1.165, 1.54) is 16.7 Å². The molecule has 1 aromatic heterocycles. The lowest BCUT2D eigenvalue weighted by atomic mass is 9.89. The molecule has 2 aromatic rings. The highest BCUT2D eigenvalue weighted by molar-refractivity contribution is 5.92. The molecule has 5 heteroatoms. The summed E-state index contributed by atoms with van der Waals surface area (Å²) in [5.74, 6) is 2.38. The van der Waals surface area contributed by atoms with E-state index in [9.17, 15) is 4.79 Å². The number of carbonyl (C=O) groups excluding carboxylic acids is 1. The monoisotopic (exact) mass is 369 g/mol. The molecule has 0 spiro atoms. The Morgan fingerprint density at radius 3 is 2.70 bits per heavy atom. The van der Waals surface area contributed by atoms with Crippen LogP contribution in [0, 0.1) is 13.8 Å². The maximum atomic E-state index is 12.3. The molecule has 0 radical (unpaired) electrons. The van der Waals surface area contributed by atoms with E-state index < -0.39 is 0 Å². The van der Waals surface area contributed by atoms with Crippen molar-refractivity contribution in [3.8, 4) is 5.75 Å². The first-order chi connectivity index (χ1) is 13.0. The molecule has 1 aliphatic heterocycles. The molecule has 1 amide bonds. The number of hydrogen-bond donors (Lipinski definition) is 1. The van der Waals surface area contributed by atoms with Gasteiger partial charge in [-0.05, 0) is 43.4 Å². The molecule has 1 N–H and O–H groups in total. The number of carbonyl (C=O) groups is 1. The van der Waals surface area contributed by atoms with E-state index in [4.69, 9.17) is 4.74 Å². The summed E-state index contributed by atoms with van der Waals surface area (Å²) in [5, 5.41) is 2.98. The summed E-state index contributed by atoms with van der Waals surface area (Å²) in [7, 11) is 1.72. The number of amides is 1. The van der Waals surface area contributed by atoms with Crippen molar-refractivity contribution < 1.29 is 9.53 Å². The normalized spacial score (nSPS) is 16.1. The molecule has 1 aromatic carbocycles. The number of nitrogens with zero attached hydrogens (tertiary/aromatic N) is 2. The lowest BCUT2D eigenvalue weighted by molar-refractivity contribution is 0.0948. The van der Waals surface area contributed by atoms with Crippen LogP contribution in [0.2, 0.25) is 0 Å². The summed E-state index contributed by atoms with van der Waals surface area (Å²) in [4.78, 5) is 16.9. The number of aromatic nitrogens is 2. The van der Waals surface area contributed by atoms with Crippen molar-refractivity contribution >= 4 is 5.91 Å². The molecule has 0 bridgehead atoms. The van der Waals surface area contributed by atoms with Crippen molar-refractivity contribution in [1.82, 2.24) is 14.9 Å². The lowest BCUT2D eigenvalue weighted by Crippen LogP contribution is -2.24. The van der Waals surface area contributed by atoms with Gasteiger partial charge in [-0.2, -0.15) is 0 Å². The highest BCUT2D eigenvalue weighted by Crippen LogP contribution is 2.33. The quantitative estimate of drug-likeness (QED) is 0.746. The van der Waals surface area contributed by atoms with E-state index in [2.05, 4.69) is 47.8 Å². The van der Waals surface area contributed by atoms with E-state index in [-0.39, 0.29) is 5.91 Å². The van der Waals surface area contributed by atoms with Gasteiger partial charge < -0.3 is 14.6 Å². The third-order valence-electron chi connectivity index (χ3n) is 5.45. The highest BCUT2D eigenvalue weighted by atomic mass is 16.5. The van der Waals surface area contributed by atoms with Crippen molar-refractivity contribution in [3.63, 3.8) is 0 Å². The molecule has 5 nitrogen and oxygen atoms in total. The van der Waals surface area contributed by atoms with E-state index in [1.54, 1.807) is 7.11 Å². The SMILES string of the molecule is CCCCCNC(=O)c1cn2c(n1)CC[C@@H](c1cc(C)c(OC)c(C)c1)C2. The second-order valence-corrected chi connectivity index (χ2v) is 7.58. The number of hydrogen-bond acceptors (Lipinski definition) is 3. The fourth-order valence-electron chi connectivity index (χ4n) is 4.03. The number of benzene rings is 1. The van der Waals surface area contributed by atoms with Gasteiger partial charge in [0.1, 0.15) is 17.3 Å². The molecule has 0 unspecified atom stereocenters. The van der Waals surface area contributed by atoms with Crippen LogP contribution in [0.15, 0.2) is 18.3 Å². The number of methoxy groups -OCH3 is 1. The minimum atomic E-state index is -0.0549. The van der Waals surface area contributed by atoms with Crippen LogP contribution in [0.4, 0.5) is 0 Å². The van der Waals surface area contributed by atoms with Gasteiger partial charge in [-0.1, -0.05) is 31.9 Å². The van der Waals surface area contributed by atoms with Crippen LogP contribution in [-0.2, 0) is 13.0 Å². The van der Waals surface area contributed by atoms with Gasteiger partial charge >= 0.3 is 0 Å². The third kappa shape index (κ3) is 4.34. The Morgan fingerprint density at radius 1 is 1.30 bits per heavy atom. The van der Waals surface area contributed by atoms with Crippen molar-refractivity contribution in [2.24, 2.45) is 0 Å². The number of ether oxygens (including phenoxy) is 1. The number of nitrogens with one attached hydrogen (secondary N) is 1. The molecule has 0 saturated carbocycles. The fourth-order valence-corrected chi connectivity index (χ4v) is 4.03. The minimum absolute atomic E-state index is 0.0549. The molecule has 0 aliphatic carbocycles. The van der Waals surface area contributed by atoms with Gasteiger partial charge in [0, 0.05) is 31.6 Å². The largest absolute Gasteiger partial charge is 0.496 e. The number of fused-ring (bicyclic) bond motifs is 1. The highest BCUT2D eigenvalue weighted by Gasteiger charge is 2.24. The zero-order chi connectivity index (χ0) is 19.4. The summed E-state index contributed by atoms with van der Waals surface area (Å²) >= 11 is 0. The summed E-state index contributed by atoms with van der Waals surface area (Å²) in [6.07, 6.45) is 7.19. The van der Waals surface area contributed by atoms with E-state index >= 15 is 0 Å². The van der Waals surface area contributed by atoms with Crippen LogP contribution < -0.4 is 10.1 Å². The van der Waals surface area contributed by atoms with Crippen LogP contribution >= 0.6 is 0 Å². The first-order valence-corrected chi connectivity index (χ1v) is 10.0. The Morgan fingerprint density at radius 2 is 2.04 bits per heavy atom. The fraction of sp³-hybridized carbons (Fsp3) is 0.545. The maximum absolute atomic E-state index is 12.3. The molecule has 27 heavy (non-hydrogen) atoms. The van der Waals surface area contributed by atoms with Gasteiger partial charge in [-0.15, -0.1) is 0 Å². The zero-order valence-corrected chi connectivity index (χ0v) is 17.0. The smallest absolute Gasteiger partial charge is 0.271 e. The average Bonchev–Trinajstić information content (AvgIpc) is 3.08. The van der Waals surface area contributed by atoms with Gasteiger partial charge in [0.25, 0.3) is 5.91 Å². The number of unbranched alkanes of at least 4 members (excludes halogenated alkanes) is 2. The van der Waals surface area contributed by atoms with Crippen LogP contribution in [0.5, 0.6) is 5.75 Å². The van der Waals surface area contributed by atoms with Gasteiger partial charge in [-0.25, -0.2) is 4.98 Å². The first-order valence-electron chi connectivity index (χ1n) is 10.0. The summed E-state index contributed by atoms with van der Waals surface area (Å²) in [6.45, 7) is 7.95. The van der Waals surface area contributed by atoms with Gasteiger partial charge in [0.2, 0.25) is 0 Å². The number of imidazole rings is 1. The Balaban J connectivity index is 1.70. The molecule has 1 aliphatic rings. The lowest BCUT2D eigenvalue weighted by Gasteiger charge is -2.25. The van der Waals surface area contributed by atoms with Crippen LogP contribution in [-0.4, -0.2) is 29.1 Å². The Hall–Kier alpha value is -2.30. The average molecular weight is 370 g/mol. The first kappa shape index (κ1) is 19.5. The maximum Gasteiger partial charge on any atom is 0.271 e. The van der Waals surface area contributed by atoms with E-state index in [0.29, 0.717) is 11.6 Å². The van der Waals surface area contributed by atoms with Crippen molar-refractivity contribution in [3.05, 3.63) is 46.5 Å². The predicted octanol–water partition coefficient (Wildman–Crippen LogP) is 4.16. The van der Waals surface area contributed by atoms with E-state index in [0.717, 1.165) is 56.8 Å². The second kappa shape index (κ2) is 8.59. The van der Waals surface area contributed by atoms with E-state index in [1.807, 2.05) is 6.20 Å². The predicted molar refractivity (Wildman–Crippen MR) is 108 cm³/mol. The molecule has 2 heterocycles. The minimum Gasteiger partial charge on any atom is -0.496 e. The van der Waals surface area contributed by atoms with Crippen LogP contribution in [0.25, 0.3) is 0 Å². The molecule has 1 atom stereocenters. The standard InChI is InChI=1S/C22H31N3O2/c1-5-6-7-10-23-22(26)19-14-25-13-17(8-9-20(25)24-19)18-11-15(2)21(27-4)16(3)12-18/h11-12,14,17H,5-10,13H2,1-4H3,(H,23,26)/t17-/m1/s1. The summed E-state index contributed by atoms with van der Waals surface area (Å²) in [5.41, 5.74) is 4.24. The summed E-state index contributed by atoms with van der Waals surface area (Å²) < 4.78 is 7.65. The van der Waals surface area contributed by atoms with Gasteiger partial charge in [0.05, 0.1) is 7.11 Å². The molecular formula is C22H31N3O2. The molecular weight excluding hydrogens is 338 g/mol. The van der Waals surface area contributed by atoms with Crippen molar-refractivity contribution in [1.29, 1.82) is 0 Å². The van der Waals surface area contributed by atoms with Crippen LogP contribution in [0.3, 0.4) is 0 Å². The number of aryl methyl sites for hydroxylation is 3. The Bertz CT molecular complexity index is 787.